The van der Waals surface area contributed by atoms with Gasteiger partial charge in [-0.05, 0) is 0 Å². The summed E-state index contributed by atoms with van der Waals surface area (Å²) in [5, 5.41) is 28.3. The molecule has 100 valence electrons. The van der Waals surface area contributed by atoms with Crippen LogP contribution in [0.15, 0.2) is 15.8 Å². The van der Waals surface area contributed by atoms with Crippen molar-refractivity contribution in [3.8, 4) is 0 Å². The van der Waals surface area contributed by atoms with Gasteiger partial charge in [-0.3, -0.25) is 9.36 Å². The van der Waals surface area contributed by atoms with Crippen LogP contribution in [0.4, 0.5) is 0 Å². The Hall–Kier alpha value is -1.48. The molecule has 0 saturated carbocycles. The van der Waals surface area contributed by atoms with Crippen LogP contribution in [0.25, 0.3) is 0 Å². The highest BCUT2D eigenvalue weighted by Gasteiger charge is 2.44. The van der Waals surface area contributed by atoms with Gasteiger partial charge in [-0.2, -0.15) is 0 Å². The minimum absolute atomic E-state index is 0.0274. The fourth-order valence-electron chi connectivity index (χ4n) is 1.94. The van der Waals surface area contributed by atoms with Crippen molar-refractivity contribution in [1.82, 2.24) is 9.55 Å². The number of rotatable bonds is 2. The summed E-state index contributed by atoms with van der Waals surface area (Å²) in [5.74, 6) is 0. The van der Waals surface area contributed by atoms with E-state index in [1.807, 2.05) is 0 Å². The monoisotopic (exact) mass is 258 g/mol. The molecule has 2 heterocycles. The quantitative estimate of drug-likeness (QED) is 0.455. The average Bonchev–Trinajstić information content (AvgIpc) is 2.64. The van der Waals surface area contributed by atoms with E-state index in [4.69, 9.17) is 9.84 Å². The molecule has 8 nitrogen and oxygen atoms in total. The maximum Gasteiger partial charge on any atom is 0.328 e. The van der Waals surface area contributed by atoms with Crippen LogP contribution in [0.1, 0.15) is 11.7 Å². The first-order valence-electron chi connectivity index (χ1n) is 5.38. The number of aliphatic hydroxyl groups excluding tert-OH is 3. The molecule has 0 aromatic carbocycles. The van der Waals surface area contributed by atoms with Crippen LogP contribution < -0.4 is 11.2 Å². The second kappa shape index (κ2) is 4.65. The second-order valence-corrected chi connectivity index (χ2v) is 4.17. The fourth-order valence-corrected chi connectivity index (χ4v) is 1.94. The van der Waals surface area contributed by atoms with Gasteiger partial charge in [0.05, 0.1) is 12.2 Å². The van der Waals surface area contributed by atoms with E-state index in [9.17, 15) is 19.8 Å². The first kappa shape index (κ1) is 13.0. The zero-order valence-corrected chi connectivity index (χ0v) is 9.61. The smallest absolute Gasteiger partial charge is 0.328 e. The molecular formula is C10H14N2O6. The molecule has 8 heteroatoms. The Morgan fingerprint density at radius 2 is 2.06 bits per heavy atom. The summed E-state index contributed by atoms with van der Waals surface area (Å²) in [4.78, 5) is 25.3. The number of hydrogen-bond acceptors (Lipinski definition) is 6. The van der Waals surface area contributed by atoms with Gasteiger partial charge in [0.25, 0.3) is 5.56 Å². The van der Waals surface area contributed by atoms with Crippen molar-refractivity contribution >= 4 is 0 Å². The van der Waals surface area contributed by atoms with Gasteiger partial charge in [0.1, 0.15) is 24.4 Å². The van der Waals surface area contributed by atoms with Crippen LogP contribution in [0, 0.1) is 0 Å². The highest BCUT2D eigenvalue weighted by Crippen LogP contribution is 2.31. The molecule has 0 aliphatic carbocycles. The highest BCUT2D eigenvalue weighted by molar-refractivity contribution is 5.14. The van der Waals surface area contributed by atoms with E-state index in [0.29, 0.717) is 0 Å². The summed E-state index contributed by atoms with van der Waals surface area (Å²) in [6.45, 7) is -0.474. The Kier molecular flexibility index (Phi) is 3.35. The molecule has 4 N–H and O–H groups in total. The van der Waals surface area contributed by atoms with Gasteiger partial charge in [-0.25, -0.2) is 4.79 Å². The lowest BCUT2D eigenvalue weighted by atomic mass is 10.0. The standard InChI is InChI=1S/C10H14N2O6/c1-12-9(16)4(2-11-10(12)17)8-7(15)6(14)5(3-13)18-8/h2,5-8,13-15H,3H2,1H3,(H,11,17)/t5-,6+,7+,8+/m1/s1. The summed E-state index contributed by atoms with van der Waals surface area (Å²) < 4.78 is 6.05. The van der Waals surface area contributed by atoms with Crippen molar-refractivity contribution in [1.29, 1.82) is 0 Å². The third-order valence-electron chi connectivity index (χ3n) is 3.06. The number of hydrogen-bond donors (Lipinski definition) is 4. The highest BCUT2D eigenvalue weighted by atomic mass is 16.6. The Morgan fingerprint density at radius 1 is 1.39 bits per heavy atom. The van der Waals surface area contributed by atoms with Gasteiger partial charge in [0.2, 0.25) is 0 Å². The lowest BCUT2D eigenvalue weighted by molar-refractivity contribution is -0.0233. The van der Waals surface area contributed by atoms with Crippen LogP contribution in [-0.4, -0.2) is 49.8 Å². The Balaban J connectivity index is 2.42. The summed E-state index contributed by atoms with van der Waals surface area (Å²) >= 11 is 0. The van der Waals surface area contributed by atoms with Crippen LogP contribution in [0.2, 0.25) is 0 Å². The number of aromatic nitrogens is 2. The lowest BCUT2D eigenvalue weighted by Gasteiger charge is -2.14. The zero-order valence-electron chi connectivity index (χ0n) is 9.61. The summed E-state index contributed by atoms with van der Waals surface area (Å²) in [5.41, 5.74) is -1.18. The average molecular weight is 258 g/mol. The van der Waals surface area contributed by atoms with Crippen molar-refractivity contribution in [3.05, 3.63) is 32.6 Å². The molecule has 1 saturated heterocycles. The molecular weight excluding hydrogens is 244 g/mol. The number of aliphatic hydroxyl groups is 3. The van der Waals surface area contributed by atoms with E-state index in [-0.39, 0.29) is 5.56 Å². The third kappa shape index (κ3) is 1.89. The summed E-state index contributed by atoms with van der Waals surface area (Å²) in [7, 11) is 1.28. The number of nitrogens with one attached hydrogen (secondary N) is 1. The van der Waals surface area contributed by atoms with E-state index in [0.717, 1.165) is 10.8 Å². The van der Waals surface area contributed by atoms with Crippen molar-refractivity contribution in [2.45, 2.75) is 24.4 Å². The molecule has 0 unspecified atom stereocenters. The molecule has 2 rings (SSSR count). The number of ether oxygens (including phenoxy) is 1. The first-order chi connectivity index (χ1) is 8.47. The molecule has 1 fully saturated rings. The normalized spacial score (nSPS) is 31.8. The van der Waals surface area contributed by atoms with E-state index < -0.39 is 42.3 Å². The van der Waals surface area contributed by atoms with E-state index in [1.165, 1.54) is 7.05 Å². The molecule has 0 spiro atoms. The maximum atomic E-state index is 11.8. The molecule has 18 heavy (non-hydrogen) atoms. The minimum atomic E-state index is -1.33. The van der Waals surface area contributed by atoms with Gasteiger partial charge >= 0.3 is 5.69 Å². The maximum absolute atomic E-state index is 11.8. The number of H-pyrrole nitrogens is 1. The van der Waals surface area contributed by atoms with Crippen molar-refractivity contribution in [2.24, 2.45) is 7.05 Å². The van der Waals surface area contributed by atoms with Gasteiger partial charge in [-0.15, -0.1) is 0 Å². The van der Waals surface area contributed by atoms with Crippen molar-refractivity contribution in [2.75, 3.05) is 6.61 Å². The summed E-state index contributed by atoms with van der Waals surface area (Å²) in [6, 6.07) is 0. The van der Waals surface area contributed by atoms with E-state index in [2.05, 4.69) is 4.98 Å². The fraction of sp³-hybridized carbons (Fsp3) is 0.600. The number of nitrogens with zero attached hydrogens (tertiary/aromatic N) is 1. The van der Waals surface area contributed by atoms with Gasteiger partial charge < -0.3 is 25.0 Å². The predicted molar refractivity (Wildman–Crippen MR) is 59.0 cm³/mol. The van der Waals surface area contributed by atoms with Crippen molar-refractivity contribution in [3.63, 3.8) is 0 Å². The minimum Gasteiger partial charge on any atom is -0.394 e. The molecule has 1 aromatic rings. The topological polar surface area (TPSA) is 125 Å². The van der Waals surface area contributed by atoms with Gasteiger partial charge in [-0.1, -0.05) is 0 Å². The predicted octanol–water partition coefficient (Wildman–Crippen LogP) is -2.77. The largest absolute Gasteiger partial charge is 0.394 e. The lowest BCUT2D eigenvalue weighted by Crippen LogP contribution is -2.37. The second-order valence-electron chi connectivity index (χ2n) is 4.17. The van der Waals surface area contributed by atoms with Gasteiger partial charge in [0, 0.05) is 13.2 Å². The Labute approximate surface area is 101 Å². The van der Waals surface area contributed by atoms with Crippen LogP contribution >= 0.6 is 0 Å². The van der Waals surface area contributed by atoms with Gasteiger partial charge in [0.15, 0.2) is 0 Å². The SMILES string of the molecule is Cn1c(=O)[nH]cc([C@@H]2O[C@H](CO)[C@H](O)[C@@H]2O)c1=O. The summed E-state index contributed by atoms with van der Waals surface area (Å²) in [6.07, 6.45) is -3.50. The molecule has 1 aliphatic heterocycles. The van der Waals surface area contributed by atoms with E-state index >= 15 is 0 Å². The van der Waals surface area contributed by atoms with Crippen molar-refractivity contribution < 1.29 is 20.1 Å². The molecule has 0 amide bonds. The van der Waals surface area contributed by atoms with Crippen LogP contribution in [-0.2, 0) is 11.8 Å². The molecule has 0 radical (unpaired) electrons. The Morgan fingerprint density at radius 3 is 2.61 bits per heavy atom. The number of aromatic amines is 1. The third-order valence-corrected chi connectivity index (χ3v) is 3.06. The molecule has 1 aliphatic rings. The molecule has 4 atom stereocenters. The van der Waals surface area contributed by atoms with Crippen LogP contribution in [0.3, 0.4) is 0 Å². The zero-order chi connectivity index (χ0) is 13.4. The van der Waals surface area contributed by atoms with Crippen LogP contribution in [0.5, 0.6) is 0 Å². The Bertz CT molecular complexity index is 550. The van der Waals surface area contributed by atoms with E-state index in [1.54, 1.807) is 0 Å². The molecule has 1 aromatic heterocycles. The molecule has 0 bridgehead atoms. The first-order valence-corrected chi connectivity index (χ1v) is 5.38.